The highest BCUT2D eigenvalue weighted by atomic mass is 15.3. The number of nitrogens with one attached hydrogen (secondary N) is 2. The van der Waals surface area contributed by atoms with Gasteiger partial charge in [0.2, 0.25) is 11.9 Å². The van der Waals surface area contributed by atoms with Crippen molar-refractivity contribution in [2.45, 2.75) is 33.2 Å². The van der Waals surface area contributed by atoms with E-state index in [0.29, 0.717) is 5.95 Å². The summed E-state index contributed by atoms with van der Waals surface area (Å²) in [6.45, 7) is 9.96. The molecule has 27 heavy (non-hydrogen) atoms. The third-order valence-corrected chi connectivity index (χ3v) is 4.59. The molecular formula is C19H30N8. The molecule has 2 N–H and O–H groups in total. The van der Waals surface area contributed by atoms with Gasteiger partial charge in [-0.3, -0.25) is 0 Å². The SMILES string of the molecule is CCCNCc1ccnc(Nc2nc(CC)nc(N3CCN(C)CC3)n2)c1. The normalized spacial score (nSPS) is 15.1. The van der Waals surface area contributed by atoms with Crippen LogP contribution in [0.5, 0.6) is 0 Å². The fourth-order valence-electron chi connectivity index (χ4n) is 2.95. The van der Waals surface area contributed by atoms with E-state index >= 15 is 0 Å². The third kappa shape index (κ3) is 5.58. The number of aromatic nitrogens is 4. The van der Waals surface area contributed by atoms with Crippen molar-refractivity contribution in [2.75, 3.05) is 50.0 Å². The Bertz CT molecular complexity index is 727. The number of nitrogens with zero attached hydrogens (tertiary/aromatic N) is 6. The van der Waals surface area contributed by atoms with E-state index in [-0.39, 0.29) is 0 Å². The molecule has 146 valence electrons. The lowest BCUT2D eigenvalue weighted by Crippen LogP contribution is -2.45. The van der Waals surface area contributed by atoms with Crippen LogP contribution in [0.15, 0.2) is 18.3 Å². The number of piperazine rings is 1. The maximum Gasteiger partial charge on any atom is 0.233 e. The molecule has 1 fully saturated rings. The standard InChI is InChI=1S/C19H30N8/c1-4-7-20-14-15-6-8-21-17(13-15)23-18-22-16(5-2)24-19(25-18)27-11-9-26(3)10-12-27/h6,8,13,20H,4-5,7,9-12,14H2,1-3H3,(H,21,22,23,24,25). The van der Waals surface area contributed by atoms with E-state index in [9.17, 15) is 0 Å². The lowest BCUT2D eigenvalue weighted by atomic mass is 10.2. The Kier molecular flexibility index (Phi) is 6.89. The summed E-state index contributed by atoms with van der Waals surface area (Å²) >= 11 is 0. The van der Waals surface area contributed by atoms with Crippen LogP contribution in [-0.4, -0.2) is 64.6 Å². The largest absolute Gasteiger partial charge is 0.338 e. The predicted molar refractivity (Wildman–Crippen MR) is 108 cm³/mol. The molecule has 0 spiro atoms. The van der Waals surface area contributed by atoms with Crippen LogP contribution in [0.1, 0.15) is 31.7 Å². The van der Waals surface area contributed by atoms with Crippen molar-refractivity contribution in [2.24, 2.45) is 0 Å². The quantitative estimate of drug-likeness (QED) is 0.681. The van der Waals surface area contributed by atoms with Crippen LogP contribution < -0.4 is 15.5 Å². The number of hydrogen-bond donors (Lipinski definition) is 2. The van der Waals surface area contributed by atoms with E-state index in [1.807, 2.05) is 18.3 Å². The summed E-state index contributed by atoms with van der Waals surface area (Å²) in [4.78, 5) is 22.8. The first-order valence-corrected chi connectivity index (χ1v) is 9.79. The molecule has 0 unspecified atom stereocenters. The minimum absolute atomic E-state index is 0.557. The molecule has 0 aliphatic carbocycles. The average molecular weight is 371 g/mol. The Balaban J connectivity index is 1.74. The van der Waals surface area contributed by atoms with Crippen molar-refractivity contribution in [1.82, 2.24) is 30.2 Å². The van der Waals surface area contributed by atoms with Crippen molar-refractivity contribution < 1.29 is 0 Å². The molecule has 3 heterocycles. The van der Waals surface area contributed by atoms with Crippen LogP contribution in [0, 0.1) is 0 Å². The molecule has 0 amide bonds. The van der Waals surface area contributed by atoms with Gasteiger partial charge in [0.05, 0.1) is 0 Å². The lowest BCUT2D eigenvalue weighted by molar-refractivity contribution is 0.311. The summed E-state index contributed by atoms with van der Waals surface area (Å²) in [5.74, 6) is 2.85. The molecule has 2 aromatic rings. The van der Waals surface area contributed by atoms with Crippen molar-refractivity contribution in [3.8, 4) is 0 Å². The van der Waals surface area contributed by atoms with Gasteiger partial charge in [-0.2, -0.15) is 15.0 Å². The zero-order chi connectivity index (χ0) is 19.1. The number of hydrogen-bond acceptors (Lipinski definition) is 8. The first-order valence-electron chi connectivity index (χ1n) is 9.79. The number of anilines is 3. The second-order valence-corrected chi connectivity index (χ2v) is 6.87. The molecule has 0 bridgehead atoms. The van der Waals surface area contributed by atoms with Gasteiger partial charge in [-0.25, -0.2) is 4.98 Å². The summed E-state index contributed by atoms with van der Waals surface area (Å²) in [6, 6.07) is 4.06. The van der Waals surface area contributed by atoms with E-state index in [2.05, 4.69) is 61.3 Å². The molecule has 1 aliphatic rings. The number of likely N-dealkylation sites (N-methyl/N-ethyl adjacent to an activating group) is 1. The zero-order valence-electron chi connectivity index (χ0n) is 16.6. The van der Waals surface area contributed by atoms with Crippen LogP contribution in [0.2, 0.25) is 0 Å². The predicted octanol–water partition coefficient (Wildman–Crippen LogP) is 1.82. The fourth-order valence-corrected chi connectivity index (χ4v) is 2.95. The Morgan fingerprint density at radius 3 is 2.63 bits per heavy atom. The van der Waals surface area contributed by atoms with Gasteiger partial charge in [0, 0.05) is 45.3 Å². The minimum Gasteiger partial charge on any atom is -0.338 e. The molecule has 3 rings (SSSR count). The topological polar surface area (TPSA) is 82.1 Å². The van der Waals surface area contributed by atoms with Crippen molar-refractivity contribution in [1.29, 1.82) is 0 Å². The summed E-state index contributed by atoms with van der Waals surface area (Å²) in [5.41, 5.74) is 1.19. The average Bonchev–Trinajstić information content (AvgIpc) is 2.69. The first kappa shape index (κ1) is 19.4. The molecule has 0 atom stereocenters. The Morgan fingerprint density at radius 1 is 1.07 bits per heavy atom. The maximum atomic E-state index is 4.65. The zero-order valence-corrected chi connectivity index (χ0v) is 16.6. The highest BCUT2D eigenvalue weighted by molar-refractivity contribution is 5.50. The van der Waals surface area contributed by atoms with Crippen LogP contribution in [0.4, 0.5) is 17.7 Å². The molecule has 0 saturated carbocycles. The van der Waals surface area contributed by atoms with E-state index in [1.165, 1.54) is 5.56 Å². The minimum atomic E-state index is 0.557. The van der Waals surface area contributed by atoms with Crippen LogP contribution >= 0.6 is 0 Å². The smallest absolute Gasteiger partial charge is 0.233 e. The molecule has 2 aromatic heterocycles. The van der Waals surface area contributed by atoms with Crippen molar-refractivity contribution in [3.63, 3.8) is 0 Å². The van der Waals surface area contributed by atoms with Gasteiger partial charge in [-0.05, 0) is 37.7 Å². The van der Waals surface area contributed by atoms with Gasteiger partial charge in [-0.15, -0.1) is 0 Å². The summed E-state index contributed by atoms with van der Waals surface area (Å²) in [5, 5.41) is 6.67. The van der Waals surface area contributed by atoms with Gasteiger partial charge < -0.3 is 20.4 Å². The monoisotopic (exact) mass is 370 g/mol. The Labute approximate surface area is 161 Å². The highest BCUT2D eigenvalue weighted by Crippen LogP contribution is 2.17. The molecular weight excluding hydrogens is 340 g/mol. The van der Waals surface area contributed by atoms with Gasteiger partial charge >= 0.3 is 0 Å². The molecule has 0 aromatic carbocycles. The van der Waals surface area contributed by atoms with Gasteiger partial charge in [0.25, 0.3) is 0 Å². The molecule has 0 radical (unpaired) electrons. The summed E-state index contributed by atoms with van der Waals surface area (Å²) in [6.07, 6.45) is 3.71. The lowest BCUT2D eigenvalue weighted by Gasteiger charge is -2.32. The number of pyridine rings is 1. The van der Waals surface area contributed by atoms with Crippen LogP contribution in [0.25, 0.3) is 0 Å². The molecule has 8 nitrogen and oxygen atoms in total. The van der Waals surface area contributed by atoms with Crippen LogP contribution in [-0.2, 0) is 13.0 Å². The van der Waals surface area contributed by atoms with Crippen LogP contribution in [0.3, 0.4) is 0 Å². The summed E-state index contributed by atoms with van der Waals surface area (Å²) < 4.78 is 0. The van der Waals surface area contributed by atoms with E-state index in [0.717, 1.165) is 69.7 Å². The van der Waals surface area contributed by atoms with Gasteiger partial charge in [0.1, 0.15) is 11.6 Å². The Hall–Kier alpha value is -2.32. The van der Waals surface area contributed by atoms with Crippen molar-refractivity contribution in [3.05, 3.63) is 29.7 Å². The number of rotatable bonds is 8. The second kappa shape index (κ2) is 9.57. The third-order valence-electron chi connectivity index (χ3n) is 4.59. The second-order valence-electron chi connectivity index (χ2n) is 6.87. The van der Waals surface area contributed by atoms with Crippen molar-refractivity contribution >= 4 is 17.7 Å². The molecule has 1 aliphatic heterocycles. The fraction of sp³-hybridized carbons (Fsp3) is 0.579. The highest BCUT2D eigenvalue weighted by Gasteiger charge is 2.18. The maximum absolute atomic E-state index is 4.65. The molecule has 8 heteroatoms. The van der Waals surface area contributed by atoms with Gasteiger partial charge in [0.15, 0.2) is 0 Å². The van der Waals surface area contributed by atoms with E-state index in [1.54, 1.807) is 0 Å². The Morgan fingerprint density at radius 2 is 1.89 bits per heavy atom. The first-order chi connectivity index (χ1) is 13.2. The van der Waals surface area contributed by atoms with E-state index in [4.69, 9.17) is 0 Å². The van der Waals surface area contributed by atoms with E-state index < -0.39 is 0 Å². The van der Waals surface area contributed by atoms with Gasteiger partial charge in [-0.1, -0.05) is 13.8 Å². The summed E-state index contributed by atoms with van der Waals surface area (Å²) in [7, 11) is 2.14. The molecule has 1 saturated heterocycles. The number of aryl methyl sites for hydroxylation is 1.